The summed E-state index contributed by atoms with van der Waals surface area (Å²) in [6, 6.07) is 15.1. The van der Waals surface area contributed by atoms with Crippen LogP contribution in [0.3, 0.4) is 0 Å². The molecule has 4 N–H and O–H groups in total. The van der Waals surface area contributed by atoms with E-state index in [0.29, 0.717) is 16.4 Å². The topological polar surface area (TPSA) is 112 Å². The number of aromatic nitrogens is 1. The Morgan fingerprint density at radius 2 is 1.72 bits per heavy atom. The van der Waals surface area contributed by atoms with Crippen LogP contribution in [0, 0.1) is 17.7 Å². The van der Waals surface area contributed by atoms with Crippen molar-refractivity contribution < 1.29 is 19.1 Å². The fraction of sp³-hybridized carbons (Fsp3) is 0.269. The molecule has 2 amide bonds. The number of hydrogen-bond donors (Lipinski definition) is 4. The highest BCUT2D eigenvalue weighted by atomic mass is 35.5. The molecule has 1 aliphatic carbocycles. The zero-order valence-corrected chi connectivity index (χ0v) is 20.3. The standard InChI is InChI=1S/C26H26ClFN4O4/c1-29-15-26(36)13-19(24(34)30-17-7-5-16(27)6-8-17)20(14-26)25(35)31-22-10-9-18(12-21(22)28)32-11-3-2-4-23(32)33/h2-12,19-20,29,36H,13-15H2,1H3,(H,30,34)(H,31,35)/t19-,20-,26?/m0/s1. The summed E-state index contributed by atoms with van der Waals surface area (Å²) in [4.78, 5) is 38.3. The number of halogens is 2. The minimum atomic E-state index is -1.28. The second kappa shape index (κ2) is 10.6. The van der Waals surface area contributed by atoms with Crippen LogP contribution in [0.1, 0.15) is 12.8 Å². The zero-order chi connectivity index (χ0) is 25.9. The van der Waals surface area contributed by atoms with Gasteiger partial charge >= 0.3 is 0 Å². The van der Waals surface area contributed by atoms with E-state index >= 15 is 0 Å². The van der Waals surface area contributed by atoms with Crippen LogP contribution < -0.4 is 21.5 Å². The molecule has 3 atom stereocenters. The van der Waals surface area contributed by atoms with Crippen molar-refractivity contribution in [2.75, 3.05) is 24.2 Å². The lowest BCUT2D eigenvalue weighted by Crippen LogP contribution is -2.37. The summed E-state index contributed by atoms with van der Waals surface area (Å²) in [5, 5.41) is 19.7. The second-order valence-electron chi connectivity index (χ2n) is 8.93. The Balaban J connectivity index is 1.54. The highest BCUT2D eigenvalue weighted by Crippen LogP contribution is 2.41. The first kappa shape index (κ1) is 25.6. The van der Waals surface area contributed by atoms with Gasteiger partial charge in [-0.05, 0) is 62.4 Å². The van der Waals surface area contributed by atoms with E-state index in [-0.39, 0.29) is 30.6 Å². The van der Waals surface area contributed by atoms with Crippen molar-refractivity contribution in [3.05, 3.63) is 88.1 Å². The minimum absolute atomic E-state index is 0.0253. The Morgan fingerprint density at radius 3 is 2.33 bits per heavy atom. The molecular formula is C26H26ClFN4O4. The predicted molar refractivity (Wildman–Crippen MR) is 136 cm³/mol. The molecule has 36 heavy (non-hydrogen) atoms. The molecule has 1 saturated carbocycles. The van der Waals surface area contributed by atoms with Crippen molar-refractivity contribution in [1.29, 1.82) is 0 Å². The quantitative estimate of drug-likeness (QED) is 0.388. The number of carbonyl (C=O) groups is 2. The lowest BCUT2D eigenvalue weighted by Gasteiger charge is -2.22. The van der Waals surface area contributed by atoms with Crippen LogP contribution in [0.4, 0.5) is 15.8 Å². The highest BCUT2D eigenvalue weighted by molar-refractivity contribution is 6.30. The zero-order valence-electron chi connectivity index (χ0n) is 19.5. The lowest BCUT2D eigenvalue weighted by atomic mass is 9.94. The van der Waals surface area contributed by atoms with Crippen molar-refractivity contribution in [3.63, 3.8) is 0 Å². The van der Waals surface area contributed by atoms with Gasteiger partial charge in [-0.2, -0.15) is 0 Å². The van der Waals surface area contributed by atoms with E-state index in [1.807, 2.05) is 0 Å². The number of pyridine rings is 1. The molecule has 0 spiro atoms. The Hall–Kier alpha value is -3.53. The molecule has 1 heterocycles. The van der Waals surface area contributed by atoms with E-state index in [4.69, 9.17) is 11.6 Å². The summed E-state index contributed by atoms with van der Waals surface area (Å²) >= 11 is 5.90. The van der Waals surface area contributed by atoms with E-state index in [9.17, 15) is 23.9 Å². The highest BCUT2D eigenvalue weighted by Gasteiger charge is 2.50. The van der Waals surface area contributed by atoms with Crippen LogP contribution in [0.2, 0.25) is 5.02 Å². The number of likely N-dealkylation sites (N-methyl/N-ethyl adjacent to an activating group) is 1. The molecule has 1 unspecified atom stereocenters. The third-order valence-corrected chi connectivity index (χ3v) is 6.54. The molecule has 10 heteroatoms. The molecule has 3 aromatic rings. The normalized spacial score (nSPS) is 21.2. The number of nitrogens with zero attached hydrogens (tertiary/aromatic N) is 1. The lowest BCUT2D eigenvalue weighted by molar-refractivity contribution is -0.128. The summed E-state index contributed by atoms with van der Waals surface area (Å²) < 4.78 is 16.2. The number of aliphatic hydroxyl groups is 1. The number of anilines is 2. The van der Waals surface area contributed by atoms with Crippen molar-refractivity contribution in [2.45, 2.75) is 18.4 Å². The number of benzene rings is 2. The minimum Gasteiger partial charge on any atom is -0.389 e. The van der Waals surface area contributed by atoms with Gasteiger partial charge < -0.3 is 21.1 Å². The molecule has 1 aliphatic rings. The van der Waals surface area contributed by atoms with Gasteiger partial charge in [0.05, 0.1) is 28.8 Å². The maximum Gasteiger partial charge on any atom is 0.255 e. The summed E-state index contributed by atoms with van der Waals surface area (Å²) in [5.41, 5.74) is -0.882. The molecule has 0 bridgehead atoms. The molecule has 1 aromatic heterocycles. The average Bonchev–Trinajstić information content (AvgIpc) is 3.20. The van der Waals surface area contributed by atoms with Crippen LogP contribution >= 0.6 is 11.6 Å². The van der Waals surface area contributed by atoms with Gasteiger partial charge in [-0.3, -0.25) is 19.0 Å². The van der Waals surface area contributed by atoms with Crippen molar-refractivity contribution in [3.8, 4) is 5.69 Å². The predicted octanol–water partition coefficient (Wildman–Crippen LogP) is 3.18. The Kier molecular flexibility index (Phi) is 7.53. The van der Waals surface area contributed by atoms with E-state index in [2.05, 4.69) is 16.0 Å². The summed E-state index contributed by atoms with van der Waals surface area (Å²) in [7, 11) is 1.67. The fourth-order valence-corrected chi connectivity index (χ4v) is 4.73. The van der Waals surface area contributed by atoms with E-state index in [1.54, 1.807) is 43.4 Å². The largest absolute Gasteiger partial charge is 0.389 e. The first-order chi connectivity index (χ1) is 17.2. The molecule has 0 radical (unpaired) electrons. The van der Waals surface area contributed by atoms with Crippen molar-refractivity contribution >= 4 is 34.8 Å². The van der Waals surface area contributed by atoms with E-state index < -0.39 is 35.1 Å². The van der Waals surface area contributed by atoms with E-state index in [0.717, 1.165) is 6.07 Å². The molecule has 0 aliphatic heterocycles. The van der Waals surface area contributed by atoms with Crippen molar-refractivity contribution in [2.24, 2.45) is 11.8 Å². The fourth-order valence-electron chi connectivity index (χ4n) is 4.60. The summed E-state index contributed by atoms with van der Waals surface area (Å²) in [5.74, 6) is -3.48. The Bertz CT molecular complexity index is 1330. The smallest absolute Gasteiger partial charge is 0.255 e. The molecule has 4 rings (SSSR count). The maximum atomic E-state index is 14.9. The van der Waals surface area contributed by atoms with Gasteiger partial charge in [0.15, 0.2) is 0 Å². The molecular weight excluding hydrogens is 487 g/mol. The van der Waals surface area contributed by atoms with Gasteiger partial charge in [-0.1, -0.05) is 17.7 Å². The maximum absolute atomic E-state index is 14.9. The van der Waals surface area contributed by atoms with Gasteiger partial charge in [0.1, 0.15) is 5.82 Å². The van der Waals surface area contributed by atoms with Crippen molar-refractivity contribution in [1.82, 2.24) is 9.88 Å². The van der Waals surface area contributed by atoms with Gasteiger partial charge in [0.2, 0.25) is 11.8 Å². The number of nitrogens with one attached hydrogen (secondary N) is 3. The van der Waals surface area contributed by atoms with Crippen LogP contribution in [-0.2, 0) is 9.59 Å². The van der Waals surface area contributed by atoms with Gasteiger partial charge in [0, 0.05) is 35.6 Å². The molecule has 0 saturated heterocycles. The Labute approximate surface area is 212 Å². The molecule has 1 fully saturated rings. The number of carbonyl (C=O) groups excluding carboxylic acids is 2. The van der Waals surface area contributed by atoms with Gasteiger partial charge in [0.25, 0.3) is 5.56 Å². The molecule has 8 nitrogen and oxygen atoms in total. The van der Waals surface area contributed by atoms with Crippen LogP contribution in [0.15, 0.2) is 71.7 Å². The summed E-state index contributed by atoms with van der Waals surface area (Å²) in [6.07, 6.45) is 1.60. The van der Waals surface area contributed by atoms with Gasteiger partial charge in [-0.25, -0.2) is 4.39 Å². The van der Waals surface area contributed by atoms with E-state index in [1.165, 1.54) is 29.0 Å². The van der Waals surface area contributed by atoms with Crippen LogP contribution in [0.25, 0.3) is 5.69 Å². The number of amides is 2. The summed E-state index contributed by atoms with van der Waals surface area (Å²) in [6.45, 7) is 0.191. The third kappa shape index (κ3) is 5.64. The SMILES string of the molecule is CNCC1(O)C[C@H](C(=O)Nc2ccc(Cl)cc2)[C@@H](C(=O)Nc2ccc(-n3ccccc3=O)cc2F)C1. The average molecular weight is 513 g/mol. The first-order valence-electron chi connectivity index (χ1n) is 11.4. The first-order valence-corrected chi connectivity index (χ1v) is 11.8. The van der Waals surface area contributed by atoms with Crippen LogP contribution in [-0.4, -0.2) is 40.7 Å². The third-order valence-electron chi connectivity index (χ3n) is 6.29. The Morgan fingerprint density at radius 1 is 1.06 bits per heavy atom. The second-order valence-corrected chi connectivity index (χ2v) is 9.37. The molecule has 188 valence electrons. The monoisotopic (exact) mass is 512 g/mol. The van der Waals surface area contributed by atoms with Gasteiger partial charge in [-0.15, -0.1) is 0 Å². The van der Waals surface area contributed by atoms with Crippen LogP contribution in [0.5, 0.6) is 0 Å². The number of hydrogen-bond acceptors (Lipinski definition) is 5. The molecule has 2 aromatic carbocycles. The number of rotatable bonds is 7.